The fraction of sp³-hybridized carbons (Fsp3) is 0.600. The maximum atomic E-state index is 5.37. The highest BCUT2D eigenvalue weighted by atomic mass is 16.5. The zero-order valence-electron chi connectivity index (χ0n) is 7.34. The minimum absolute atomic E-state index is 0.694. The number of hydrogen-bond acceptors (Lipinski definition) is 1. The Hall–Kier alpha value is -0.900. The molecule has 0 bridgehead atoms. The van der Waals surface area contributed by atoms with Crippen LogP contribution in [0.5, 0.6) is 0 Å². The van der Waals surface area contributed by atoms with Crippen LogP contribution in [0.25, 0.3) is 0 Å². The lowest BCUT2D eigenvalue weighted by molar-refractivity contribution is 0.210. The van der Waals surface area contributed by atoms with Crippen LogP contribution in [0.1, 0.15) is 26.7 Å². The molecule has 0 saturated heterocycles. The summed E-state index contributed by atoms with van der Waals surface area (Å²) in [4.78, 5) is 0. The van der Waals surface area contributed by atoms with Gasteiger partial charge in [-0.2, -0.15) is 0 Å². The van der Waals surface area contributed by atoms with Crippen molar-refractivity contribution in [2.75, 3.05) is 6.61 Å². The highest BCUT2D eigenvalue weighted by Crippen LogP contribution is 2.20. The van der Waals surface area contributed by atoms with Crippen LogP contribution in [0.4, 0.5) is 0 Å². The van der Waals surface area contributed by atoms with Crippen LogP contribution in [0, 0.1) is 18.8 Å². The molecule has 62 valence electrons. The fourth-order valence-corrected chi connectivity index (χ4v) is 1.03. The molecule has 0 N–H and O–H groups in total. The number of allylic oxidation sites excluding steroid dienone is 1. The minimum Gasteiger partial charge on any atom is -0.498 e. The van der Waals surface area contributed by atoms with E-state index in [-0.39, 0.29) is 0 Å². The first-order valence-corrected chi connectivity index (χ1v) is 4.03. The molecule has 0 aliphatic carbocycles. The Morgan fingerprint density at radius 1 is 1.55 bits per heavy atom. The van der Waals surface area contributed by atoms with Crippen molar-refractivity contribution in [2.45, 2.75) is 26.7 Å². The summed E-state index contributed by atoms with van der Waals surface area (Å²) in [5.74, 6) is 1.88. The highest BCUT2D eigenvalue weighted by molar-refractivity contribution is 5.01. The van der Waals surface area contributed by atoms with E-state index >= 15 is 0 Å². The molecule has 0 fully saturated rings. The van der Waals surface area contributed by atoms with Gasteiger partial charge in [0.1, 0.15) is 0 Å². The van der Waals surface area contributed by atoms with Crippen LogP contribution in [-0.2, 0) is 4.74 Å². The number of ether oxygens (including phenoxy) is 1. The van der Waals surface area contributed by atoms with Gasteiger partial charge in [-0.25, -0.2) is 0 Å². The summed E-state index contributed by atoms with van der Waals surface area (Å²) in [5, 5.41) is 0. The molecule has 0 spiro atoms. The van der Waals surface area contributed by atoms with E-state index < -0.39 is 0 Å². The zero-order chi connectivity index (χ0) is 8.69. The van der Waals surface area contributed by atoms with Gasteiger partial charge in [-0.3, -0.25) is 0 Å². The lowest BCUT2D eigenvalue weighted by Crippen LogP contribution is -1.94. The van der Waals surface area contributed by atoms with Crippen molar-refractivity contribution in [3.8, 4) is 12.8 Å². The molecular formula is C10H16O. The summed E-state index contributed by atoms with van der Waals surface area (Å²) < 4.78 is 5.37. The molecule has 0 saturated carbocycles. The lowest BCUT2D eigenvalue weighted by atomic mass is 10.1. The lowest BCUT2D eigenvalue weighted by Gasteiger charge is -1.99. The average Bonchev–Trinajstić information content (AvgIpc) is 2.55. The molecule has 1 aliphatic heterocycles. The van der Waals surface area contributed by atoms with Gasteiger partial charge < -0.3 is 4.74 Å². The summed E-state index contributed by atoms with van der Waals surface area (Å²) in [6, 6.07) is 0. The third-order valence-electron chi connectivity index (χ3n) is 1.78. The first-order valence-electron chi connectivity index (χ1n) is 4.03. The molecule has 0 aromatic carbocycles. The number of terminal acetylenes is 1. The van der Waals surface area contributed by atoms with Crippen LogP contribution in [0.2, 0.25) is 0 Å². The summed E-state index contributed by atoms with van der Waals surface area (Å²) in [6.07, 6.45) is 12.5. The van der Waals surface area contributed by atoms with Crippen LogP contribution in [0.15, 0.2) is 11.8 Å². The second-order valence-corrected chi connectivity index (χ2v) is 2.47. The Balaban J connectivity index is 0.000000461. The van der Waals surface area contributed by atoms with Crippen LogP contribution in [0.3, 0.4) is 0 Å². The smallest absolute Gasteiger partial charge is 0.0941 e. The Morgan fingerprint density at radius 2 is 2.18 bits per heavy atom. The van der Waals surface area contributed by atoms with E-state index in [4.69, 9.17) is 4.74 Å². The summed E-state index contributed by atoms with van der Waals surface area (Å²) >= 11 is 0. The molecule has 1 unspecified atom stereocenters. The van der Waals surface area contributed by atoms with Gasteiger partial charge >= 0.3 is 0 Å². The quantitative estimate of drug-likeness (QED) is 0.553. The molecule has 0 radical (unpaired) electrons. The van der Waals surface area contributed by atoms with Gasteiger partial charge in [-0.05, 0) is 12.5 Å². The zero-order valence-corrected chi connectivity index (χ0v) is 7.34. The SMILES string of the molecule is C#C.CCC1=CC(CC)CO1. The molecule has 1 rings (SSSR count). The van der Waals surface area contributed by atoms with Gasteiger partial charge in [0, 0.05) is 12.3 Å². The molecule has 0 amide bonds. The van der Waals surface area contributed by atoms with Crippen LogP contribution >= 0.6 is 0 Å². The second-order valence-electron chi connectivity index (χ2n) is 2.47. The molecule has 1 nitrogen and oxygen atoms in total. The molecule has 11 heavy (non-hydrogen) atoms. The van der Waals surface area contributed by atoms with Crippen molar-refractivity contribution >= 4 is 0 Å². The van der Waals surface area contributed by atoms with Gasteiger partial charge in [0.05, 0.1) is 12.4 Å². The van der Waals surface area contributed by atoms with Gasteiger partial charge in [0.15, 0.2) is 0 Å². The van der Waals surface area contributed by atoms with Crippen molar-refractivity contribution in [1.29, 1.82) is 0 Å². The second kappa shape index (κ2) is 5.85. The number of hydrogen-bond donors (Lipinski definition) is 0. The predicted molar refractivity (Wildman–Crippen MR) is 48.0 cm³/mol. The summed E-state index contributed by atoms with van der Waals surface area (Å²) in [5.41, 5.74) is 0. The van der Waals surface area contributed by atoms with E-state index in [1.54, 1.807) is 0 Å². The number of rotatable bonds is 2. The van der Waals surface area contributed by atoms with E-state index in [0.717, 1.165) is 13.0 Å². The average molecular weight is 152 g/mol. The fourth-order valence-electron chi connectivity index (χ4n) is 1.03. The van der Waals surface area contributed by atoms with Crippen molar-refractivity contribution in [3.63, 3.8) is 0 Å². The van der Waals surface area contributed by atoms with E-state index in [9.17, 15) is 0 Å². The van der Waals surface area contributed by atoms with Crippen molar-refractivity contribution in [2.24, 2.45) is 5.92 Å². The van der Waals surface area contributed by atoms with E-state index in [1.165, 1.54) is 12.2 Å². The van der Waals surface area contributed by atoms with Crippen LogP contribution < -0.4 is 0 Å². The largest absolute Gasteiger partial charge is 0.498 e. The first kappa shape index (κ1) is 10.1. The third-order valence-corrected chi connectivity index (χ3v) is 1.78. The maximum absolute atomic E-state index is 5.37. The van der Waals surface area contributed by atoms with Crippen molar-refractivity contribution in [3.05, 3.63) is 11.8 Å². The standard InChI is InChI=1S/C8H14O.C2H2/c1-3-7-5-8(4-2)9-6-7;1-2/h5,7H,3-4,6H2,1-2H3;1-2H. The van der Waals surface area contributed by atoms with Gasteiger partial charge in [0.2, 0.25) is 0 Å². The van der Waals surface area contributed by atoms with Crippen molar-refractivity contribution < 1.29 is 4.74 Å². The molecular weight excluding hydrogens is 136 g/mol. The normalized spacial score (nSPS) is 21.1. The Kier molecular flexibility index (Phi) is 5.37. The Labute approximate surface area is 69.4 Å². The minimum atomic E-state index is 0.694. The maximum Gasteiger partial charge on any atom is 0.0941 e. The molecule has 1 heteroatoms. The van der Waals surface area contributed by atoms with Crippen LogP contribution in [-0.4, -0.2) is 6.61 Å². The van der Waals surface area contributed by atoms with E-state index in [2.05, 4.69) is 32.8 Å². The highest BCUT2D eigenvalue weighted by Gasteiger charge is 2.12. The first-order chi connectivity index (χ1) is 5.36. The third kappa shape index (κ3) is 3.13. The summed E-state index contributed by atoms with van der Waals surface area (Å²) in [6.45, 7) is 5.24. The van der Waals surface area contributed by atoms with Gasteiger partial charge in [-0.15, -0.1) is 12.8 Å². The Bertz CT molecular complexity index is 144. The van der Waals surface area contributed by atoms with Gasteiger partial charge in [-0.1, -0.05) is 13.8 Å². The topological polar surface area (TPSA) is 9.23 Å². The molecule has 1 heterocycles. The van der Waals surface area contributed by atoms with Gasteiger partial charge in [0.25, 0.3) is 0 Å². The molecule has 1 aliphatic rings. The van der Waals surface area contributed by atoms with E-state index in [1.807, 2.05) is 0 Å². The molecule has 0 aromatic rings. The molecule has 1 atom stereocenters. The summed E-state index contributed by atoms with van der Waals surface area (Å²) in [7, 11) is 0. The molecule has 0 aromatic heterocycles. The Morgan fingerprint density at radius 3 is 2.45 bits per heavy atom. The van der Waals surface area contributed by atoms with E-state index in [0.29, 0.717) is 5.92 Å². The predicted octanol–water partition coefficient (Wildman–Crippen LogP) is 2.59. The van der Waals surface area contributed by atoms with Crippen molar-refractivity contribution in [1.82, 2.24) is 0 Å². The monoisotopic (exact) mass is 152 g/mol.